The highest BCUT2D eigenvalue weighted by Gasteiger charge is 2.28. The summed E-state index contributed by atoms with van der Waals surface area (Å²) in [5, 5.41) is 6.33. The molecule has 1 aromatic carbocycles. The molecule has 7 nitrogen and oxygen atoms in total. The van der Waals surface area contributed by atoms with Crippen molar-refractivity contribution >= 4 is 30.1 Å². The van der Waals surface area contributed by atoms with E-state index >= 15 is 4.39 Å². The number of nitrogens with one attached hydrogen (secondary N) is 2. The van der Waals surface area contributed by atoms with E-state index in [0.717, 1.165) is 25.9 Å². The number of anilines is 1. The maximum atomic E-state index is 15.2. The molecule has 10 heteroatoms. The average Bonchev–Trinajstić information content (AvgIpc) is 2.86. The van der Waals surface area contributed by atoms with Crippen LogP contribution in [0.1, 0.15) is 72.1 Å². The molecule has 37 heavy (non-hydrogen) atoms. The third-order valence-corrected chi connectivity index (χ3v) is 8.31. The van der Waals surface area contributed by atoms with Gasteiger partial charge in [-0.15, -0.1) is 18.5 Å². The summed E-state index contributed by atoms with van der Waals surface area (Å²) in [4.78, 5) is 29.2. The largest absolute Gasteiger partial charge is 0.381 e. The molecule has 0 spiro atoms. The summed E-state index contributed by atoms with van der Waals surface area (Å²) in [6, 6.07) is 6.37. The molecule has 1 amide bonds. The number of benzene rings is 1. The topological polar surface area (TPSA) is 75.6 Å². The number of carbonyl (C=O) groups is 1. The minimum absolute atomic E-state index is 0.0437. The number of ether oxygens (including phenoxy) is 1. The fourth-order valence-corrected chi connectivity index (χ4v) is 5.79. The van der Waals surface area contributed by atoms with Gasteiger partial charge in [-0.3, -0.25) is 9.59 Å². The SMILES string of the molecule is C[C@@H](NC(=O)c1cn([C@H]2CCOC[C@@H]2C)c(=O)cc1NC1CCN(C)CC1)c1cccc(C(P)P)c1F. The zero-order chi connectivity index (χ0) is 26.7. The number of nitrogens with zero attached hydrogens (tertiary/aromatic N) is 2. The molecular formula is C27H39FN4O3P2. The van der Waals surface area contributed by atoms with Crippen LogP contribution in [0.5, 0.6) is 0 Å². The molecule has 2 aliphatic heterocycles. The van der Waals surface area contributed by atoms with Crippen LogP contribution in [0.15, 0.2) is 35.3 Å². The van der Waals surface area contributed by atoms with Gasteiger partial charge in [-0.25, -0.2) is 4.39 Å². The van der Waals surface area contributed by atoms with Crippen LogP contribution in [0.2, 0.25) is 0 Å². The number of halogens is 1. The Morgan fingerprint density at radius 1 is 1.19 bits per heavy atom. The molecule has 2 N–H and O–H groups in total. The van der Waals surface area contributed by atoms with Crippen molar-refractivity contribution in [3.8, 4) is 0 Å². The lowest BCUT2D eigenvalue weighted by Crippen LogP contribution is -2.39. The summed E-state index contributed by atoms with van der Waals surface area (Å²) < 4.78 is 22.5. The van der Waals surface area contributed by atoms with Gasteiger partial charge in [-0.1, -0.05) is 25.1 Å². The lowest BCUT2D eigenvalue weighted by molar-refractivity contribution is 0.0276. The molecule has 0 radical (unpaired) electrons. The van der Waals surface area contributed by atoms with Crippen LogP contribution in [0.25, 0.3) is 0 Å². The van der Waals surface area contributed by atoms with Crippen LogP contribution in [0.3, 0.4) is 0 Å². The Bertz CT molecular complexity index is 1170. The second-order valence-electron chi connectivity index (χ2n) is 10.4. The molecule has 1 aromatic heterocycles. The molecule has 202 valence electrons. The second-order valence-corrected chi connectivity index (χ2v) is 12.7. The highest BCUT2D eigenvalue weighted by molar-refractivity contribution is 7.37. The second kappa shape index (κ2) is 12.3. The van der Waals surface area contributed by atoms with Gasteiger partial charge in [0, 0.05) is 47.8 Å². The maximum Gasteiger partial charge on any atom is 0.255 e. The Hall–Kier alpha value is -1.85. The van der Waals surface area contributed by atoms with E-state index in [0.29, 0.717) is 42.0 Å². The fraction of sp³-hybridized carbons (Fsp3) is 0.556. The van der Waals surface area contributed by atoms with Crippen molar-refractivity contribution in [3.63, 3.8) is 0 Å². The van der Waals surface area contributed by atoms with Crippen molar-refractivity contribution in [2.75, 3.05) is 38.7 Å². The number of hydrogen-bond donors (Lipinski definition) is 2. The zero-order valence-electron chi connectivity index (χ0n) is 21.9. The number of piperidine rings is 1. The Labute approximate surface area is 223 Å². The zero-order valence-corrected chi connectivity index (χ0v) is 24.2. The highest BCUT2D eigenvalue weighted by atomic mass is 31.1. The molecule has 0 saturated carbocycles. The van der Waals surface area contributed by atoms with Crippen LogP contribution in [0, 0.1) is 11.7 Å². The number of pyridine rings is 1. The molecule has 2 aromatic rings. The third-order valence-electron chi connectivity index (χ3n) is 7.59. The van der Waals surface area contributed by atoms with E-state index < -0.39 is 6.04 Å². The normalized spacial score (nSPS) is 22.1. The molecule has 4 rings (SSSR count). The van der Waals surface area contributed by atoms with Crippen LogP contribution in [-0.2, 0) is 4.74 Å². The van der Waals surface area contributed by atoms with Crippen LogP contribution in [0.4, 0.5) is 10.1 Å². The van der Waals surface area contributed by atoms with Gasteiger partial charge in [-0.05, 0) is 51.9 Å². The number of amides is 1. The number of likely N-dealkylation sites (tertiary alicyclic amines) is 1. The summed E-state index contributed by atoms with van der Waals surface area (Å²) in [7, 11) is 7.25. The van der Waals surface area contributed by atoms with E-state index in [1.165, 1.54) is 0 Å². The van der Waals surface area contributed by atoms with E-state index in [-0.39, 0.29) is 40.7 Å². The van der Waals surface area contributed by atoms with Crippen LogP contribution < -0.4 is 16.2 Å². The standard InChI is InChI=1S/C27H39FN4O3P2/c1-16-15-35-12-9-23(16)32-14-21(22(13-24(32)33)30-18-7-10-31(3)11-8-18)26(34)29-17(2)19-5-4-6-20(25(19)28)27(36)37/h4-6,13-14,16-18,23,27,30H,7-12,15,36-37H2,1-3H3,(H,29,34)/t16-,17+,23-/m0/s1. The molecule has 0 aliphatic carbocycles. The van der Waals surface area contributed by atoms with Gasteiger partial charge in [0.2, 0.25) is 0 Å². The Morgan fingerprint density at radius 2 is 1.89 bits per heavy atom. The van der Waals surface area contributed by atoms with Crippen molar-refractivity contribution in [1.82, 2.24) is 14.8 Å². The van der Waals surface area contributed by atoms with Gasteiger partial charge in [0.25, 0.3) is 11.5 Å². The molecular weight excluding hydrogens is 509 g/mol. The summed E-state index contributed by atoms with van der Waals surface area (Å²) in [5.74, 6) is -0.511. The van der Waals surface area contributed by atoms with Crippen LogP contribution >= 0.6 is 18.5 Å². The third kappa shape index (κ3) is 6.60. The van der Waals surface area contributed by atoms with Crippen molar-refractivity contribution in [2.45, 2.75) is 56.6 Å². The smallest absolute Gasteiger partial charge is 0.255 e. The lowest BCUT2D eigenvalue weighted by Gasteiger charge is -2.32. The molecule has 0 bridgehead atoms. The molecule has 5 atom stereocenters. The predicted octanol–water partition coefficient (Wildman–Crippen LogP) is 4.33. The first kappa shape index (κ1) is 28.2. The summed E-state index contributed by atoms with van der Waals surface area (Å²) in [6.45, 7) is 6.90. The Kier molecular flexibility index (Phi) is 9.39. The summed E-state index contributed by atoms with van der Waals surface area (Å²) in [5.41, 5.74) is 1.78. The first-order valence-corrected chi connectivity index (χ1v) is 14.4. The number of rotatable bonds is 7. The minimum Gasteiger partial charge on any atom is -0.381 e. The summed E-state index contributed by atoms with van der Waals surface area (Å²) in [6.07, 6.45) is 4.25. The molecule has 2 aliphatic rings. The molecule has 2 saturated heterocycles. The van der Waals surface area contributed by atoms with Crippen molar-refractivity contribution in [2.24, 2.45) is 5.92 Å². The van der Waals surface area contributed by atoms with E-state index in [9.17, 15) is 9.59 Å². The van der Waals surface area contributed by atoms with Gasteiger partial charge in [-0.2, -0.15) is 0 Å². The van der Waals surface area contributed by atoms with Gasteiger partial charge in [0.05, 0.1) is 23.9 Å². The van der Waals surface area contributed by atoms with E-state index in [2.05, 4.69) is 48.0 Å². The Morgan fingerprint density at radius 3 is 2.57 bits per heavy atom. The van der Waals surface area contributed by atoms with E-state index in [1.807, 2.05) is 0 Å². The summed E-state index contributed by atoms with van der Waals surface area (Å²) >= 11 is 0. The lowest BCUT2D eigenvalue weighted by atomic mass is 9.97. The van der Waals surface area contributed by atoms with E-state index in [4.69, 9.17) is 4.74 Å². The average molecular weight is 549 g/mol. The van der Waals surface area contributed by atoms with Gasteiger partial charge in [0.15, 0.2) is 0 Å². The highest BCUT2D eigenvalue weighted by Crippen LogP contribution is 2.34. The number of aromatic nitrogens is 1. The molecule has 3 heterocycles. The number of hydrogen-bond acceptors (Lipinski definition) is 5. The molecule has 2 fully saturated rings. The van der Waals surface area contributed by atoms with Crippen LogP contribution in [-0.4, -0.2) is 54.8 Å². The predicted molar refractivity (Wildman–Crippen MR) is 153 cm³/mol. The fourth-order valence-electron chi connectivity index (χ4n) is 5.27. The monoisotopic (exact) mass is 548 g/mol. The van der Waals surface area contributed by atoms with Crippen molar-refractivity contribution in [3.05, 3.63) is 63.3 Å². The van der Waals surface area contributed by atoms with Gasteiger partial charge >= 0.3 is 0 Å². The maximum absolute atomic E-state index is 15.2. The number of carbonyl (C=O) groups excluding carboxylic acids is 1. The first-order valence-electron chi connectivity index (χ1n) is 13.0. The van der Waals surface area contributed by atoms with Crippen molar-refractivity contribution in [1.29, 1.82) is 0 Å². The first-order chi connectivity index (χ1) is 17.7. The van der Waals surface area contributed by atoms with Gasteiger partial charge in [0.1, 0.15) is 5.82 Å². The van der Waals surface area contributed by atoms with Gasteiger partial charge < -0.3 is 24.8 Å². The van der Waals surface area contributed by atoms with Crippen molar-refractivity contribution < 1.29 is 13.9 Å². The quantitative estimate of drug-likeness (QED) is 0.504. The molecule has 2 unspecified atom stereocenters. The minimum atomic E-state index is -0.556. The Balaban J connectivity index is 1.65. The van der Waals surface area contributed by atoms with E-state index in [1.54, 1.807) is 42.0 Å².